The van der Waals surface area contributed by atoms with Crippen LogP contribution in [0.25, 0.3) is 0 Å². The minimum atomic E-state index is -3.64. The molecule has 1 amide bonds. The van der Waals surface area contributed by atoms with Crippen LogP contribution in [0.5, 0.6) is 0 Å². The Balaban J connectivity index is 1.99. The molecule has 1 fully saturated rings. The fourth-order valence-electron chi connectivity index (χ4n) is 3.93. The van der Waals surface area contributed by atoms with E-state index < -0.39 is 10.0 Å². The molecule has 7 heteroatoms. The Bertz CT molecular complexity index is 966. The molecule has 1 aliphatic rings. The lowest BCUT2D eigenvalue weighted by molar-refractivity contribution is 0.0785. The molecular weight excluding hydrogens is 398 g/mol. The average molecular weight is 430 g/mol. The monoisotopic (exact) mass is 429 g/mol. The van der Waals surface area contributed by atoms with Crippen molar-refractivity contribution in [3.63, 3.8) is 0 Å². The highest BCUT2D eigenvalue weighted by Crippen LogP contribution is 2.29. The zero-order valence-electron chi connectivity index (χ0n) is 18.0. The second-order valence-corrected chi connectivity index (χ2v) is 9.55. The zero-order valence-corrected chi connectivity index (χ0v) is 18.9. The van der Waals surface area contributed by atoms with Crippen LogP contribution in [0, 0.1) is 0 Å². The van der Waals surface area contributed by atoms with Crippen LogP contribution in [0.1, 0.15) is 42.6 Å². The van der Waals surface area contributed by atoms with Gasteiger partial charge in [0.05, 0.1) is 10.5 Å². The summed E-state index contributed by atoms with van der Waals surface area (Å²) in [5, 5.41) is 0. The molecule has 6 nitrogen and oxygen atoms in total. The summed E-state index contributed by atoms with van der Waals surface area (Å²) in [6.45, 7) is 6.65. The summed E-state index contributed by atoms with van der Waals surface area (Å²) in [5.74, 6) is -0.169. The van der Waals surface area contributed by atoms with E-state index in [0.29, 0.717) is 25.2 Å². The average Bonchev–Trinajstić information content (AvgIpc) is 3.29. The topological polar surface area (TPSA) is 60.9 Å². The van der Waals surface area contributed by atoms with E-state index in [0.717, 1.165) is 37.2 Å². The maximum atomic E-state index is 13.4. The molecule has 1 aliphatic heterocycles. The van der Waals surface area contributed by atoms with Crippen LogP contribution in [0.4, 0.5) is 5.69 Å². The second-order valence-electron chi connectivity index (χ2n) is 7.61. The van der Waals surface area contributed by atoms with Crippen LogP contribution < -0.4 is 4.90 Å². The van der Waals surface area contributed by atoms with Gasteiger partial charge in [-0.2, -0.15) is 4.31 Å². The van der Waals surface area contributed by atoms with Crippen LogP contribution in [0.3, 0.4) is 0 Å². The maximum Gasteiger partial charge on any atom is 0.256 e. The summed E-state index contributed by atoms with van der Waals surface area (Å²) < 4.78 is 27.5. The molecule has 30 heavy (non-hydrogen) atoms. The summed E-state index contributed by atoms with van der Waals surface area (Å²) in [4.78, 5) is 17.4. The van der Waals surface area contributed by atoms with Gasteiger partial charge in [-0.15, -0.1) is 0 Å². The van der Waals surface area contributed by atoms with E-state index in [1.165, 1.54) is 4.31 Å². The van der Waals surface area contributed by atoms with Gasteiger partial charge in [0.2, 0.25) is 10.0 Å². The molecule has 2 aromatic rings. The highest BCUT2D eigenvalue weighted by atomic mass is 32.2. The third-order valence-corrected chi connectivity index (χ3v) is 7.64. The molecule has 1 heterocycles. The molecule has 0 saturated carbocycles. The molecule has 0 unspecified atom stereocenters. The van der Waals surface area contributed by atoms with Gasteiger partial charge in [-0.05, 0) is 36.6 Å². The molecule has 0 aliphatic carbocycles. The third-order valence-electron chi connectivity index (χ3n) is 5.60. The Kier molecular flexibility index (Phi) is 7.15. The van der Waals surface area contributed by atoms with Crippen molar-refractivity contribution in [1.29, 1.82) is 0 Å². The lowest BCUT2D eigenvalue weighted by Gasteiger charge is -2.26. The van der Waals surface area contributed by atoms with Crippen molar-refractivity contribution in [2.24, 2.45) is 0 Å². The van der Waals surface area contributed by atoms with Gasteiger partial charge in [0.15, 0.2) is 0 Å². The first-order chi connectivity index (χ1) is 14.4. The van der Waals surface area contributed by atoms with Crippen molar-refractivity contribution in [2.75, 3.05) is 38.1 Å². The number of nitrogens with zero attached hydrogens (tertiary/aromatic N) is 3. The fourth-order valence-corrected chi connectivity index (χ4v) is 5.41. The number of carbonyl (C=O) groups is 1. The largest absolute Gasteiger partial charge is 0.371 e. The predicted molar refractivity (Wildman–Crippen MR) is 120 cm³/mol. The summed E-state index contributed by atoms with van der Waals surface area (Å²) in [6, 6.07) is 14.8. The van der Waals surface area contributed by atoms with E-state index in [4.69, 9.17) is 0 Å². The first-order valence-electron chi connectivity index (χ1n) is 10.6. The Morgan fingerprint density at radius 1 is 1.00 bits per heavy atom. The lowest BCUT2D eigenvalue weighted by atomic mass is 10.1. The number of sulfonamides is 1. The quantitative estimate of drug-likeness (QED) is 0.643. The summed E-state index contributed by atoms with van der Waals surface area (Å²) >= 11 is 0. The molecule has 162 valence electrons. The summed E-state index contributed by atoms with van der Waals surface area (Å²) in [5.41, 5.74) is 2.29. The van der Waals surface area contributed by atoms with Crippen molar-refractivity contribution in [1.82, 2.24) is 9.21 Å². The molecule has 3 rings (SSSR count). The van der Waals surface area contributed by atoms with Gasteiger partial charge >= 0.3 is 0 Å². The smallest absolute Gasteiger partial charge is 0.256 e. The standard InChI is InChI=1S/C23H31N3O3S/c1-4-26(5-2)30(28,29)20-13-14-22(25-15-9-10-16-25)21(17-20)23(27)24(3)18-19-11-7-6-8-12-19/h6-8,11-14,17H,4-5,9-10,15-16,18H2,1-3H3. The number of hydrogen-bond acceptors (Lipinski definition) is 4. The minimum Gasteiger partial charge on any atom is -0.371 e. The van der Waals surface area contributed by atoms with Gasteiger partial charge in [0, 0.05) is 45.5 Å². The molecule has 1 saturated heterocycles. The minimum absolute atomic E-state index is 0.169. The van der Waals surface area contributed by atoms with E-state index in [9.17, 15) is 13.2 Å². The molecule has 0 aromatic heterocycles. The van der Waals surface area contributed by atoms with E-state index in [1.54, 1.807) is 30.1 Å². The molecular formula is C23H31N3O3S. The molecule has 0 radical (unpaired) electrons. The molecule has 0 N–H and O–H groups in total. The van der Waals surface area contributed by atoms with Crippen molar-refractivity contribution >= 4 is 21.6 Å². The van der Waals surface area contributed by atoms with Crippen LogP contribution >= 0.6 is 0 Å². The first-order valence-corrected chi connectivity index (χ1v) is 12.0. The van der Waals surface area contributed by atoms with Crippen molar-refractivity contribution in [2.45, 2.75) is 38.1 Å². The fraction of sp³-hybridized carbons (Fsp3) is 0.435. The molecule has 0 atom stereocenters. The van der Waals surface area contributed by atoms with Gasteiger partial charge in [-0.1, -0.05) is 44.2 Å². The number of carbonyl (C=O) groups excluding carboxylic acids is 1. The maximum absolute atomic E-state index is 13.4. The highest BCUT2D eigenvalue weighted by molar-refractivity contribution is 7.89. The molecule has 0 bridgehead atoms. The predicted octanol–water partition coefficient (Wildman–Crippen LogP) is 3.59. The normalized spacial score (nSPS) is 14.3. The number of hydrogen-bond donors (Lipinski definition) is 0. The Hall–Kier alpha value is -2.38. The Morgan fingerprint density at radius 2 is 1.63 bits per heavy atom. The SMILES string of the molecule is CCN(CC)S(=O)(=O)c1ccc(N2CCCC2)c(C(=O)N(C)Cc2ccccc2)c1. The van der Waals surface area contributed by atoms with Gasteiger partial charge in [-0.3, -0.25) is 4.79 Å². The van der Waals surface area contributed by atoms with Crippen LogP contribution in [-0.4, -0.2) is 56.8 Å². The summed E-state index contributed by atoms with van der Waals surface area (Å²) in [7, 11) is -1.88. The third kappa shape index (κ3) is 4.68. The highest BCUT2D eigenvalue weighted by Gasteiger charge is 2.27. The zero-order chi connectivity index (χ0) is 21.7. The van der Waals surface area contributed by atoms with Crippen molar-refractivity contribution in [3.8, 4) is 0 Å². The van der Waals surface area contributed by atoms with Gasteiger partial charge < -0.3 is 9.80 Å². The van der Waals surface area contributed by atoms with Gasteiger partial charge in [-0.25, -0.2) is 8.42 Å². The Morgan fingerprint density at radius 3 is 2.23 bits per heavy atom. The molecule has 2 aromatic carbocycles. The van der Waals surface area contributed by atoms with Crippen molar-refractivity contribution < 1.29 is 13.2 Å². The number of rotatable bonds is 8. The van der Waals surface area contributed by atoms with Gasteiger partial charge in [0.1, 0.15) is 0 Å². The summed E-state index contributed by atoms with van der Waals surface area (Å²) in [6.07, 6.45) is 2.15. The van der Waals surface area contributed by atoms with Crippen LogP contribution in [-0.2, 0) is 16.6 Å². The molecule has 0 spiro atoms. The number of anilines is 1. The Labute approximate surface area is 180 Å². The van der Waals surface area contributed by atoms with E-state index in [2.05, 4.69) is 4.90 Å². The number of benzene rings is 2. The second kappa shape index (κ2) is 9.62. The van der Waals surface area contributed by atoms with E-state index >= 15 is 0 Å². The van der Waals surface area contributed by atoms with Crippen LogP contribution in [0.2, 0.25) is 0 Å². The van der Waals surface area contributed by atoms with Gasteiger partial charge in [0.25, 0.3) is 5.91 Å². The van der Waals surface area contributed by atoms with Crippen molar-refractivity contribution in [3.05, 3.63) is 59.7 Å². The van der Waals surface area contributed by atoms with E-state index in [-0.39, 0.29) is 10.8 Å². The van der Waals surface area contributed by atoms with Crippen LogP contribution in [0.15, 0.2) is 53.4 Å². The number of amides is 1. The lowest BCUT2D eigenvalue weighted by Crippen LogP contribution is -2.32. The first kappa shape index (κ1) is 22.3. The van der Waals surface area contributed by atoms with E-state index in [1.807, 2.05) is 44.2 Å².